The van der Waals surface area contributed by atoms with E-state index in [1.807, 2.05) is 4.57 Å². The number of fused-ring (bicyclic) bond motifs is 3. The van der Waals surface area contributed by atoms with Crippen LogP contribution in [0.15, 0.2) is 16.9 Å². The van der Waals surface area contributed by atoms with Gasteiger partial charge in [0, 0.05) is 23.2 Å². The van der Waals surface area contributed by atoms with E-state index < -0.39 is 17.2 Å². The Morgan fingerprint density at radius 1 is 1.25 bits per heavy atom. The first-order chi connectivity index (χ1) is 13.5. The van der Waals surface area contributed by atoms with Crippen LogP contribution in [0, 0.1) is 5.82 Å². The molecule has 1 atom stereocenters. The average molecular weight is 386 g/mol. The third-order valence-electron chi connectivity index (χ3n) is 6.08. The fourth-order valence-corrected chi connectivity index (χ4v) is 4.69. The Hall–Kier alpha value is -2.37. The van der Waals surface area contributed by atoms with Crippen molar-refractivity contribution in [3.8, 4) is 0 Å². The lowest BCUT2D eigenvalue weighted by Crippen LogP contribution is -2.25. The number of benzene rings is 1. The maximum atomic E-state index is 14.9. The van der Waals surface area contributed by atoms with E-state index in [4.69, 9.17) is 4.74 Å². The number of nitrogens with one attached hydrogen (secondary N) is 1. The normalized spacial score (nSPS) is 19.6. The number of hydrogen-bond donors (Lipinski definition) is 1. The first-order valence-electron chi connectivity index (χ1n) is 10.4. The monoisotopic (exact) mass is 386 g/mol. The number of rotatable bonds is 4. The second-order valence-electron chi connectivity index (χ2n) is 7.96. The summed E-state index contributed by atoms with van der Waals surface area (Å²) < 4.78 is 22.0. The number of carbonyl (C=O) groups is 1. The molecule has 1 aliphatic heterocycles. The molecule has 2 aromatic rings. The first-order valence-corrected chi connectivity index (χ1v) is 10.4. The molecule has 4 rings (SSSR count). The molecule has 0 bridgehead atoms. The van der Waals surface area contributed by atoms with Crippen LogP contribution in [-0.4, -0.2) is 23.2 Å². The summed E-state index contributed by atoms with van der Waals surface area (Å²) in [6.07, 6.45) is 7.09. The summed E-state index contributed by atoms with van der Waals surface area (Å²) in [5.41, 5.74) is 1.47. The SMILES string of the molecule is CCOC(=O)c1c2n(c3cc(NC4CCCCC4)c(F)cc3c1=O)C(C)CC2. The second-order valence-corrected chi connectivity index (χ2v) is 7.96. The van der Waals surface area contributed by atoms with Crippen molar-refractivity contribution in [3.05, 3.63) is 39.4 Å². The van der Waals surface area contributed by atoms with Crippen LogP contribution in [0.1, 0.15) is 74.5 Å². The van der Waals surface area contributed by atoms with E-state index in [1.165, 1.54) is 12.5 Å². The number of nitrogens with zero attached hydrogens (tertiary/aromatic N) is 1. The van der Waals surface area contributed by atoms with Crippen LogP contribution in [-0.2, 0) is 11.2 Å². The Morgan fingerprint density at radius 3 is 2.71 bits per heavy atom. The molecule has 1 fully saturated rings. The molecule has 0 amide bonds. The minimum absolute atomic E-state index is 0.0612. The number of aromatic nitrogens is 1. The Labute approximate surface area is 163 Å². The predicted octanol–water partition coefficient (Wildman–Crippen LogP) is 4.57. The van der Waals surface area contributed by atoms with E-state index in [0.717, 1.165) is 32.1 Å². The number of hydrogen-bond acceptors (Lipinski definition) is 4. The molecule has 5 nitrogen and oxygen atoms in total. The number of esters is 1. The van der Waals surface area contributed by atoms with Gasteiger partial charge in [0.1, 0.15) is 11.4 Å². The third kappa shape index (κ3) is 3.19. The molecule has 2 heterocycles. The van der Waals surface area contributed by atoms with Crippen molar-refractivity contribution in [2.75, 3.05) is 11.9 Å². The van der Waals surface area contributed by atoms with E-state index in [0.29, 0.717) is 23.3 Å². The fraction of sp³-hybridized carbons (Fsp3) is 0.545. The van der Waals surface area contributed by atoms with Crippen molar-refractivity contribution in [1.82, 2.24) is 4.57 Å². The number of anilines is 1. The van der Waals surface area contributed by atoms with Gasteiger partial charge in [-0.15, -0.1) is 0 Å². The molecule has 1 saturated carbocycles. The van der Waals surface area contributed by atoms with Crippen molar-refractivity contribution in [2.24, 2.45) is 0 Å². The van der Waals surface area contributed by atoms with Crippen LogP contribution in [0.5, 0.6) is 0 Å². The molecular formula is C22H27FN2O3. The molecule has 1 aromatic heterocycles. The summed E-state index contributed by atoms with van der Waals surface area (Å²) in [6.45, 7) is 3.97. The van der Waals surface area contributed by atoms with Crippen LogP contribution >= 0.6 is 0 Å². The van der Waals surface area contributed by atoms with Crippen molar-refractivity contribution in [2.45, 2.75) is 70.9 Å². The Balaban J connectivity index is 1.87. The Morgan fingerprint density at radius 2 is 2.00 bits per heavy atom. The lowest BCUT2D eigenvalue weighted by molar-refractivity contribution is 0.0523. The van der Waals surface area contributed by atoms with Crippen LogP contribution < -0.4 is 10.7 Å². The van der Waals surface area contributed by atoms with Gasteiger partial charge in [0.05, 0.1) is 17.8 Å². The standard InChI is InChI=1S/C22H27FN2O3/c1-3-28-22(27)20-18-10-9-13(2)25(18)19-12-17(16(23)11-15(19)21(20)26)24-14-7-5-4-6-8-14/h11-14,24H,3-10H2,1-2H3. The second kappa shape index (κ2) is 7.57. The van der Waals surface area contributed by atoms with E-state index in [1.54, 1.807) is 13.0 Å². The zero-order valence-corrected chi connectivity index (χ0v) is 16.5. The van der Waals surface area contributed by atoms with Gasteiger partial charge >= 0.3 is 5.97 Å². The van der Waals surface area contributed by atoms with Crippen molar-refractivity contribution in [1.29, 1.82) is 0 Å². The summed E-state index contributed by atoms with van der Waals surface area (Å²) in [7, 11) is 0. The molecule has 0 saturated heterocycles. The number of halogens is 1. The van der Waals surface area contributed by atoms with E-state index in [9.17, 15) is 14.0 Å². The fourth-order valence-electron chi connectivity index (χ4n) is 4.69. The highest BCUT2D eigenvalue weighted by Gasteiger charge is 2.30. The summed E-state index contributed by atoms with van der Waals surface area (Å²) in [5.74, 6) is -1.06. The zero-order chi connectivity index (χ0) is 19.8. The van der Waals surface area contributed by atoms with Gasteiger partial charge in [-0.2, -0.15) is 0 Å². The van der Waals surface area contributed by atoms with Gasteiger partial charge in [0.15, 0.2) is 0 Å². The minimum atomic E-state index is -0.614. The van der Waals surface area contributed by atoms with Crippen LogP contribution in [0.25, 0.3) is 10.9 Å². The van der Waals surface area contributed by atoms with Crippen molar-refractivity contribution in [3.63, 3.8) is 0 Å². The van der Waals surface area contributed by atoms with Gasteiger partial charge in [-0.05, 0) is 51.7 Å². The smallest absolute Gasteiger partial charge is 0.343 e. The molecule has 0 spiro atoms. The number of ether oxygens (including phenoxy) is 1. The maximum absolute atomic E-state index is 14.9. The van der Waals surface area contributed by atoms with Crippen molar-refractivity contribution >= 4 is 22.6 Å². The summed E-state index contributed by atoms with van der Waals surface area (Å²) in [6, 6.07) is 3.44. The van der Waals surface area contributed by atoms with Gasteiger partial charge in [-0.1, -0.05) is 19.3 Å². The summed E-state index contributed by atoms with van der Waals surface area (Å²) >= 11 is 0. The quantitative estimate of drug-likeness (QED) is 0.782. The highest BCUT2D eigenvalue weighted by molar-refractivity contribution is 5.96. The Bertz CT molecular complexity index is 976. The predicted molar refractivity (Wildman–Crippen MR) is 108 cm³/mol. The molecule has 1 unspecified atom stereocenters. The molecule has 1 aliphatic carbocycles. The first kappa shape index (κ1) is 19.0. The molecular weight excluding hydrogens is 359 g/mol. The topological polar surface area (TPSA) is 60.3 Å². The van der Waals surface area contributed by atoms with Gasteiger partial charge in [0.2, 0.25) is 5.43 Å². The van der Waals surface area contributed by atoms with Gasteiger partial charge < -0.3 is 14.6 Å². The molecule has 0 radical (unpaired) electrons. The van der Waals surface area contributed by atoms with Gasteiger partial charge in [-0.25, -0.2) is 9.18 Å². The zero-order valence-electron chi connectivity index (χ0n) is 16.5. The van der Waals surface area contributed by atoms with Crippen LogP contribution in [0.4, 0.5) is 10.1 Å². The Kier molecular flexibility index (Phi) is 5.13. The number of pyridine rings is 1. The van der Waals surface area contributed by atoms with E-state index in [-0.39, 0.29) is 29.6 Å². The molecule has 1 aromatic carbocycles. The molecule has 6 heteroatoms. The summed E-state index contributed by atoms with van der Waals surface area (Å²) in [4.78, 5) is 25.5. The molecule has 28 heavy (non-hydrogen) atoms. The highest BCUT2D eigenvalue weighted by Crippen LogP contribution is 2.34. The van der Waals surface area contributed by atoms with E-state index in [2.05, 4.69) is 12.2 Å². The van der Waals surface area contributed by atoms with Crippen LogP contribution in [0.3, 0.4) is 0 Å². The highest BCUT2D eigenvalue weighted by atomic mass is 19.1. The molecule has 150 valence electrons. The average Bonchev–Trinajstić information content (AvgIpc) is 3.05. The van der Waals surface area contributed by atoms with E-state index >= 15 is 0 Å². The lowest BCUT2D eigenvalue weighted by atomic mass is 9.95. The van der Waals surface area contributed by atoms with Gasteiger partial charge in [-0.3, -0.25) is 4.79 Å². The van der Waals surface area contributed by atoms with Gasteiger partial charge in [0.25, 0.3) is 0 Å². The molecule has 2 aliphatic rings. The lowest BCUT2D eigenvalue weighted by Gasteiger charge is -2.25. The molecule has 1 N–H and O–H groups in total. The third-order valence-corrected chi connectivity index (χ3v) is 6.08. The summed E-state index contributed by atoms with van der Waals surface area (Å²) in [5, 5.41) is 3.59. The van der Waals surface area contributed by atoms with Crippen molar-refractivity contribution < 1.29 is 13.9 Å². The largest absolute Gasteiger partial charge is 0.462 e. The minimum Gasteiger partial charge on any atom is -0.462 e. The maximum Gasteiger partial charge on any atom is 0.343 e. The van der Waals surface area contributed by atoms with Crippen LogP contribution in [0.2, 0.25) is 0 Å². The number of carbonyl (C=O) groups excluding carboxylic acids is 1.